The van der Waals surface area contributed by atoms with E-state index in [0.29, 0.717) is 6.04 Å². The Hall–Kier alpha value is -0.330. The van der Waals surface area contributed by atoms with Gasteiger partial charge in [0.05, 0.1) is 5.56 Å². The summed E-state index contributed by atoms with van der Waals surface area (Å²) in [6.07, 6.45) is 1.05. The first-order chi connectivity index (χ1) is 8.11. The van der Waals surface area contributed by atoms with Crippen LogP contribution in [0.4, 0.5) is 0 Å². The predicted octanol–water partition coefficient (Wildman–Crippen LogP) is 2.46. The van der Waals surface area contributed by atoms with E-state index in [9.17, 15) is 4.79 Å². The van der Waals surface area contributed by atoms with Crippen LogP contribution in [0, 0.1) is 10.5 Å². The number of nitrogens with zero attached hydrogens (tertiary/aromatic N) is 1. The van der Waals surface area contributed by atoms with Gasteiger partial charge in [-0.3, -0.25) is 4.79 Å². The first kappa shape index (κ1) is 15.7. The van der Waals surface area contributed by atoms with Crippen LogP contribution in [-0.2, 0) is 0 Å². The standard InChI is InChI=1S/C13H17IN2O.ClH/c1-9-4-3-5-11(12(9)14)13(17)16(2)10-6-7-15-8-10;/h3-5,10,15H,6-8H2,1-2H3;1H. The van der Waals surface area contributed by atoms with E-state index in [1.165, 1.54) is 0 Å². The number of carbonyl (C=O) groups excluding carboxylic acids is 1. The molecule has 18 heavy (non-hydrogen) atoms. The van der Waals surface area contributed by atoms with E-state index in [1.54, 1.807) is 0 Å². The van der Waals surface area contributed by atoms with Crippen LogP contribution in [0.15, 0.2) is 18.2 Å². The Bertz CT molecular complexity index is 433. The van der Waals surface area contributed by atoms with E-state index in [-0.39, 0.29) is 18.3 Å². The maximum Gasteiger partial charge on any atom is 0.254 e. The quantitative estimate of drug-likeness (QED) is 0.800. The number of amides is 1. The molecule has 0 bridgehead atoms. The normalized spacial score (nSPS) is 18.3. The molecule has 100 valence electrons. The summed E-state index contributed by atoms with van der Waals surface area (Å²) in [5.74, 6) is 0.131. The van der Waals surface area contributed by atoms with Crippen molar-refractivity contribution in [2.45, 2.75) is 19.4 Å². The molecule has 0 spiro atoms. The van der Waals surface area contributed by atoms with E-state index in [1.807, 2.05) is 37.1 Å². The van der Waals surface area contributed by atoms with Gasteiger partial charge in [0.15, 0.2) is 0 Å². The zero-order valence-corrected chi connectivity index (χ0v) is 13.5. The number of likely N-dealkylation sites (N-methyl/N-ethyl adjacent to an activating group) is 1. The summed E-state index contributed by atoms with van der Waals surface area (Å²) in [5.41, 5.74) is 1.98. The Kier molecular flexibility index (Phi) is 5.88. The van der Waals surface area contributed by atoms with Crippen LogP contribution in [0.3, 0.4) is 0 Å². The highest BCUT2D eigenvalue weighted by Gasteiger charge is 2.25. The fraction of sp³-hybridized carbons (Fsp3) is 0.462. The molecule has 1 saturated heterocycles. The van der Waals surface area contributed by atoms with Crippen molar-refractivity contribution in [3.05, 3.63) is 32.9 Å². The topological polar surface area (TPSA) is 32.3 Å². The Morgan fingerprint density at radius 2 is 2.22 bits per heavy atom. The molecule has 3 nitrogen and oxygen atoms in total. The Labute approximate surface area is 128 Å². The van der Waals surface area contributed by atoms with E-state index in [4.69, 9.17) is 0 Å². The van der Waals surface area contributed by atoms with Gasteiger partial charge >= 0.3 is 0 Å². The molecule has 1 N–H and O–H groups in total. The van der Waals surface area contributed by atoms with Crippen LogP contribution in [0.2, 0.25) is 0 Å². The van der Waals surface area contributed by atoms with Crippen molar-refractivity contribution in [3.63, 3.8) is 0 Å². The molecule has 1 aliphatic rings. The number of hydrogen-bond donors (Lipinski definition) is 1. The summed E-state index contributed by atoms with van der Waals surface area (Å²) < 4.78 is 1.06. The smallest absolute Gasteiger partial charge is 0.254 e. The predicted molar refractivity (Wildman–Crippen MR) is 84.5 cm³/mol. The number of benzene rings is 1. The largest absolute Gasteiger partial charge is 0.337 e. The molecule has 0 aliphatic carbocycles. The lowest BCUT2D eigenvalue weighted by Gasteiger charge is -2.24. The number of hydrogen-bond acceptors (Lipinski definition) is 2. The summed E-state index contributed by atoms with van der Waals surface area (Å²) in [7, 11) is 1.90. The lowest BCUT2D eigenvalue weighted by molar-refractivity contribution is 0.0742. The SMILES string of the molecule is Cc1cccc(C(=O)N(C)C2CCNC2)c1I.Cl. The van der Waals surface area contributed by atoms with Gasteiger partial charge in [0.2, 0.25) is 0 Å². The van der Waals surface area contributed by atoms with E-state index >= 15 is 0 Å². The fourth-order valence-electron chi connectivity index (χ4n) is 2.14. The Morgan fingerprint density at radius 3 is 2.83 bits per heavy atom. The van der Waals surface area contributed by atoms with Gasteiger partial charge in [-0.05, 0) is 54.1 Å². The van der Waals surface area contributed by atoms with Crippen molar-refractivity contribution in [1.29, 1.82) is 0 Å². The van der Waals surface area contributed by atoms with Gasteiger partial charge in [-0.1, -0.05) is 12.1 Å². The highest BCUT2D eigenvalue weighted by atomic mass is 127. The van der Waals surface area contributed by atoms with Crippen molar-refractivity contribution >= 4 is 40.9 Å². The second kappa shape index (κ2) is 6.73. The van der Waals surface area contributed by atoms with Crippen LogP contribution in [-0.4, -0.2) is 37.0 Å². The van der Waals surface area contributed by atoms with Gasteiger partial charge in [0.1, 0.15) is 0 Å². The van der Waals surface area contributed by atoms with Crippen LogP contribution >= 0.6 is 35.0 Å². The minimum atomic E-state index is 0. The molecule has 1 amide bonds. The average molecular weight is 381 g/mol. The molecule has 1 unspecified atom stereocenters. The second-order valence-electron chi connectivity index (χ2n) is 4.50. The van der Waals surface area contributed by atoms with Crippen LogP contribution in [0.25, 0.3) is 0 Å². The molecule has 1 fully saturated rings. The number of carbonyl (C=O) groups is 1. The maximum absolute atomic E-state index is 12.4. The third kappa shape index (κ3) is 3.16. The summed E-state index contributed by atoms with van der Waals surface area (Å²) in [4.78, 5) is 14.3. The second-order valence-corrected chi connectivity index (χ2v) is 5.58. The third-order valence-corrected chi connectivity index (χ3v) is 4.76. The van der Waals surface area contributed by atoms with Crippen LogP contribution in [0.1, 0.15) is 22.3 Å². The molecule has 1 atom stereocenters. The van der Waals surface area contributed by atoms with Crippen molar-refractivity contribution in [2.24, 2.45) is 0 Å². The van der Waals surface area contributed by atoms with E-state index in [0.717, 1.165) is 34.2 Å². The van der Waals surface area contributed by atoms with Gasteiger partial charge in [0, 0.05) is 23.2 Å². The van der Waals surface area contributed by atoms with Crippen molar-refractivity contribution in [1.82, 2.24) is 10.2 Å². The minimum Gasteiger partial charge on any atom is -0.337 e. The van der Waals surface area contributed by atoms with Gasteiger partial charge in [-0.15, -0.1) is 12.4 Å². The first-order valence-corrected chi connectivity index (χ1v) is 6.92. The highest BCUT2D eigenvalue weighted by Crippen LogP contribution is 2.19. The average Bonchev–Trinajstić information content (AvgIpc) is 2.84. The Morgan fingerprint density at radius 1 is 1.50 bits per heavy atom. The highest BCUT2D eigenvalue weighted by molar-refractivity contribution is 14.1. The summed E-state index contributed by atoms with van der Waals surface area (Å²) in [6, 6.07) is 6.23. The molecular weight excluding hydrogens is 363 g/mol. The number of nitrogens with one attached hydrogen (secondary N) is 1. The summed E-state index contributed by atoms with van der Waals surface area (Å²) >= 11 is 2.25. The molecule has 0 radical (unpaired) electrons. The van der Waals surface area contributed by atoms with Crippen LogP contribution in [0.5, 0.6) is 0 Å². The zero-order valence-electron chi connectivity index (χ0n) is 10.6. The number of rotatable bonds is 2. The summed E-state index contributed by atoms with van der Waals surface area (Å²) in [5, 5.41) is 3.29. The van der Waals surface area contributed by atoms with Crippen molar-refractivity contribution < 1.29 is 4.79 Å². The maximum atomic E-state index is 12.4. The van der Waals surface area contributed by atoms with Gasteiger partial charge in [0.25, 0.3) is 5.91 Å². The van der Waals surface area contributed by atoms with Crippen molar-refractivity contribution in [3.8, 4) is 0 Å². The minimum absolute atomic E-state index is 0. The molecule has 5 heteroatoms. The lowest BCUT2D eigenvalue weighted by Crippen LogP contribution is -2.38. The molecule has 0 aromatic heterocycles. The zero-order chi connectivity index (χ0) is 12.4. The van der Waals surface area contributed by atoms with Gasteiger partial charge in [-0.25, -0.2) is 0 Å². The van der Waals surface area contributed by atoms with E-state index < -0.39 is 0 Å². The first-order valence-electron chi connectivity index (χ1n) is 5.84. The van der Waals surface area contributed by atoms with E-state index in [2.05, 4.69) is 27.9 Å². The molecule has 2 rings (SSSR count). The number of halogens is 2. The molecular formula is C13H18ClIN2O. The van der Waals surface area contributed by atoms with Crippen molar-refractivity contribution in [2.75, 3.05) is 20.1 Å². The number of aryl methyl sites for hydroxylation is 1. The molecule has 1 aromatic carbocycles. The lowest BCUT2D eigenvalue weighted by atomic mass is 10.1. The van der Waals surface area contributed by atoms with Gasteiger partial charge in [-0.2, -0.15) is 0 Å². The van der Waals surface area contributed by atoms with Crippen LogP contribution < -0.4 is 5.32 Å². The molecule has 1 aliphatic heterocycles. The molecule has 1 heterocycles. The van der Waals surface area contributed by atoms with Gasteiger partial charge < -0.3 is 10.2 Å². The Balaban J connectivity index is 0.00000162. The molecule has 0 saturated carbocycles. The third-order valence-electron chi connectivity index (χ3n) is 3.32. The summed E-state index contributed by atoms with van der Waals surface area (Å²) in [6.45, 7) is 3.95. The molecule has 1 aromatic rings. The fourth-order valence-corrected chi connectivity index (χ4v) is 2.73. The monoisotopic (exact) mass is 380 g/mol.